The van der Waals surface area contributed by atoms with Crippen LogP contribution < -0.4 is 4.74 Å². The van der Waals surface area contributed by atoms with Crippen LogP contribution in [0.4, 0.5) is 0 Å². The van der Waals surface area contributed by atoms with E-state index >= 15 is 0 Å². The van der Waals surface area contributed by atoms with Crippen LogP contribution in [0, 0.1) is 0 Å². The number of hydrogen-bond donors (Lipinski definition) is 0. The van der Waals surface area contributed by atoms with Gasteiger partial charge >= 0.3 is 0 Å². The highest BCUT2D eigenvalue weighted by Gasteiger charge is 2.28. The van der Waals surface area contributed by atoms with Crippen LogP contribution in [0.2, 0.25) is 0 Å². The van der Waals surface area contributed by atoms with Crippen LogP contribution in [0.25, 0.3) is 77.6 Å². The largest absolute Gasteiger partial charge is 0.457 e. The summed E-state index contributed by atoms with van der Waals surface area (Å²) in [4.78, 5) is 15.6. The second kappa shape index (κ2) is 14.9. The van der Waals surface area contributed by atoms with Gasteiger partial charge in [-0.05, 0) is 129 Å². The van der Waals surface area contributed by atoms with Gasteiger partial charge in [0.25, 0.3) is 0 Å². The third kappa shape index (κ3) is 7.43. The number of benzene rings is 5. The monoisotopic (exact) mass is 853 g/mol. The third-order valence-electron chi connectivity index (χ3n) is 13.0. The maximum absolute atomic E-state index is 6.87. The topological polar surface area (TPSA) is 57.2 Å². The molecule has 0 atom stereocenters. The molecule has 0 N–H and O–H groups in total. The minimum Gasteiger partial charge on any atom is -0.457 e. The fourth-order valence-corrected chi connectivity index (χ4v) is 9.21. The van der Waals surface area contributed by atoms with E-state index < -0.39 is 0 Å². The first-order valence-electron chi connectivity index (χ1n) is 22.9. The van der Waals surface area contributed by atoms with Crippen LogP contribution in [0.5, 0.6) is 11.5 Å². The van der Waals surface area contributed by atoms with Crippen LogP contribution in [0.15, 0.2) is 140 Å². The Labute approximate surface area is 383 Å². The lowest BCUT2D eigenvalue weighted by Gasteiger charge is -2.27. The first kappa shape index (κ1) is 42.2. The van der Waals surface area contributed by atoms with Crippen molar-refractivity contribution in [2.45, 2.75) is 105 Å². The normalized spacial score (nSPS) is 12.9. The second-order valence-electron chi connectivity index (χ2n) is 22.0. The van der Waals surface area contributed by atoms with E-state index in [0.717, 1.165) is 83.7 Å². The van der Waals surface area contributed by atoms with Gasteiger partial charge in [-0.2, -0.15) is 0 Å². The third-order valence-corrected chi connectivity index (χ3v) is 13.0. The number of fused-ring (bicyclic) bond motifs is 9. The molecule has 6 nitrogen and oxygen atoms in total. The molecule has 0 aliphatic carbocycles. The number of pyridine rings is 3. The quantitative estimate of drug-likeness (QED) is 0.162. The Hall–Kier alpha value is -6.79. The van der Waals surface area contributed by atoms with E-state index in [1.807, 2.05) is 36.7 Å². The smallest absolute Gasteiger partial charge is 0.146 e. The minimum atomic E-state index is -0.0836. The van der Waals surface area contributed by atoms with Crippen molar-refractivity contribution in [2.75, 3.05) is 0 Å². The SMILES string of the molecule is CC(C)(C)c1cc(-c2nc3c4cc(Oc5ccc6c7ccccc7n(-c7ccccn7)c6c5)ccc4c4ncccc4n3c2-c2cc(C(C)(C)C)cc(C(C)(C)C)c2)cc(C(C)(C)C)c1. The molecule has 0 radical (unpaired) electrons. The van der Waals surface area contributed by atoms with Crippen molar-refractivity contribution in [2.24, 2.45) is 0 Å². The van der Waals surface area contributed by atoms with E-state index in [-0.39, 0.29) is 21.7 Å². The Bertz CT molecular complexity index is 3430. The van der Waals surface area contributed by atoms with Crippen molar-refractivity contribution >= 4 is 49.3 Å². The molecule has 10 rings (SSSR count). The van der Waals surface area contributed by atoms with Crippen molar-refractivity contribution in [1.29, 1.82) is 0 Å². The molecule has 326 valence electrons. The number of hydrogen-bond acceptors (Lipinski definition) is 4. The molecule has 5 aromatic heterocycles. The second-order valence-corrected chi connectivity index (χ2v) is 22.0. The summed E-state index contributed by atoms with van der Waals surface area (Å²) in [6.45, 7) is 27.6. The van der Waals surface area contributed by atoms with Crippen LogP contribution in [-0.4, -0.2) is 23.9 Å². The molecule has 0 saturated heterocycles. The summed E-state index contributed by atoms with van der Waals surface area (Å²) in [6, 6.07) is 45.8. The van der Waals surface area contributed by atoms with Crippen LogP contribution >= 0.6 is 0 Å². The molecule has 0 bridgehead atoms. The summed E-state index contributed by atoms with van der Waals surface area (Å²) >= 11 is 0. The summed E-state index contributed by atoms with van der Waals surface area (Å²) < 4.78 is 11.5. The highest BCUT2D eigenvalue weighted by atomic mass is 16.5. The van der Waals surface area contributed by atoms with Gasteiger partial charge in [-0.15, -0.1) is 0 Å². The standard InChI is InChI=1S/C59H59N5O/c1-56(2,3)38-28-36(29-39(32-38)57(4,5)6)52-54(37-30-40(58(7,8)9)33-41(31-37)59(10,11)12)64-49-20-17-27-61-53(49)46-25-23-42(34-47(46)55(64)62-52)65-43-22-24-45-44-18-13-14-19-48(44)63(50(45)35-43)51-21-15-16-26-60-51/h13-35H,1-12H3. The van der Waals surface area contributed by atoms with Gasteiger partial charge in [-0.1, -0.05) is 119 Å². The van der Waals surface area contributed by atoms with Gasteiger partial charge in [0.15, 0.2) is 0 Å². The fraction of sp³-hybridized carbons (Fsp3) is 0.271. The van der Waals surface area contributed by atoms with Crippen molar-refractivity contribution in [3.8, 4) is 39.8 Å². The molecular formula is C59H59N5O. The average Bonchev–Trinajstić information content (AvgIpc) is 3.82. The number of nitrogens with zero attached hydrogens (tertiary/aromatic N) is 5. The molecule has 5 heterocycles. The maximum atomic E-state index is 6.87. The number of imidazole rings is 1. The Morgan fingerprint density at radius 1 is 0.431 bits per heavy atom. The van der Waals surface area contributed by atoms with Gasteiger partial charge in [0, 0.05) is 51.1 Å². The predicted molar refractivity (Wildman–Crippen MR) is 272 cm³/mol. The zero-order chi connectivity index (χ0) is 45.8. The molecule has 0 spiro atoms. The summed E-state index contributed by atoms with van der Waals surface area (Å²) in [6.07, 6.45) is 3.73. The Balaban J connectivity index is 1.26. The van der Waals surface area contributed by atoms with E-state index in [1.54, 1.807) is 0 Å². The van der Waals surface area contributed by atoms with Gasteiger partial charge in [0.1, 0.15) is 23.0 Å². The van der Waals surface area contributed by atoms with Gasteiger partial charge in [-0.25, -0.2) is 9.97 Å². The maximum Gasteiger partial charge on any atom is 0.146 e. The van der Waals surface area contributed by atoms with E-state index in [2.05, 4.69) is 195 Å². The van der Waals surface area contributed by atoms with Crippen LogP contribution in [0.3, 0.4) is 0 Å². The molecule has 0 fully saturated rings. The van der Waals surface area contributed by atoms with Crippen molar-refractivity contribution in [1.82, 2.24) is 23.9 Å². The lowest BCUT2D eigenvalue weighted by molar-refractivity contribution is 0.484. The molecule has 6 heteroatoms. The molecule has 10 aromatic rings. The van der Waals surface area contributed by atoms with Crippen molar-refractivity contribution < 1.29 is 4.74 Å². The molecule has 5 aromatic carbocycles. The first-order chi connectivity index (χ1) is 30.7. The number of rotatable bonds is 5. The highest BCUT2D eigenvalue weighted by molar-refractivity contribution is 6.12. The van der Waals surface area contributed by atoms with Crippen LogP contribution in [-0.2, 0) is 21.7 Å². The van der Waals surface area contributed by atoms with Gasteiger partial charge in [0.05, 0.1) is 33.5 Å². The lowest BCUT2D eigenvalue weighted by atomic mass is 9.78. The average molecular weight is 854 g/mol. The van der Waals surface area contributed by atoms with E-state index in [4.69, 9.17) is 19.7 Å². The summed E-state index contributed by atoms with van der Waals surface area (Å²) in [7, 11) is 0. The molecular weight excluding hydrogens is 795 g/mol. The first-order valence-corrected chi connectivity index (χ1v) is 22.9. The Morgan fingerprint density at radius 2 is 0.969 bits per heavy atom. The molecule has 0 amide bonds. The highest BCUT2D eigenvalue weighted by Crippen LogP contribution is 2.44. The molecule has 0 saturated carbocycles. The van der Waals surface area contributed by atoms with E-state index in [9.17, 15) is 0 Å². The number of ether oxygens (including phenoxy) is 1. The Kier molecular flexibility index (Phi) is 9.66. The summed E-state index contributed by atoms with van der Waals surface area (Å²) in [5.74, 6) is 2.31. The van der Waals surface area contributed by atoms with E-state index in [1.165, 1.54) is 27.6 Å². The van der Waals surface area contributed by atoms with Gasteiger partial charge < -0.3 is 4.74 Å². The summed E-state index contributed by atoms with van der Waals surface area (Å²) in [5.41, 5.74) is 14.0. The molecule has 65 heavy (non-hydrogen) atoms. The van der Waals surface area contributed by atoms with Crippen LogP contribution in [0.1, 0.15) is 105 Å². The predicted octanol–water partition coefficient (Wildman–Crippen LogP) is 15.8. The zero-order valence-corrected chi connectivity index (χ0v) is 39.9. The number of para-hydroxylation sites is 1. The van der Waals surface area contributed by atoms with Gasteiger partial charge in [-0.3, -0.25) is 14.0 Å². The summed E-state index contributed by atoms with van der Waals surface area (Å²) in [5, 5.41) is 4.30. The molecule has 0 aliphatic heterocycles. The molecule has 0 aliphatic rings. The lowest BCUT2D eigenvalue weighted by Crippen LogP contribution is -2.17. The van der Waals surface area contributed by atoms with E-state index in [0.29, 0.717) is 0 Å². The fourth-order valence-electron chi connectivity index (χ4n) is 9.21. The Morgan fingerprint density at radius 3 is 1.58 bits per heavy atom. The number of aromatic nitrogens is 5. The van der Waals surface area contributed by atoms with Crippen molar-refractivity contribution in [3.63, 3.8) is 0 Å². The molecule has 0 unspecified atom stereocenters. The van der Waals surface area contributed by atoms with Gasteiger partial charge in [0.2, 0.25) is 0 Å². The minimum absolute atomic E-state index is 0.0780. The zero-order valence-electron chi connectivity index (χ0n) is 39.9. The van der Waals surface area contributed by atoms with Crippen molar-refractivity contribution in [3.05, 3.63) is 162 Å².